The van der Waals surface area contributed by atoms with E-state index in [1.807, 2.05) is 0 Å². The van der Waals surface area contributed by atoms with Crippen molar-refractivity contribution in [1.82, 2.24) is 0 Å². The van der Waals surface area contributed by atoms with Crippen molar-refractivity contribution in [1.29, 1.82) is 0 Å². The Morgan fingerprint density at radius 1 is 0.607 bits per heavy atom. The summed E-state index contributed by atoms with van der Waals surface area (Å²) in [5, 5.41) is 48.7. The summed E-state index contributed by atoms with van der Waals surface area (Å²) < 4.78 is 5.06. The highest BCUT2D eigenvalue weighted by atomic mass is 16.6. The summed E-state index contributed by atoms with van der Waals surface area (Å²) in [5.74, 6) is 0. The fraction of sp³-hybridized carbons (Fsp3) is 1.00. The molecule has 168 valence electrons. The number of unbranched alkanes of at least 4 members (excludes halogenated alkanes) is 13. The van der Waals surface area contributed by atoms with Gasteiger partial charge >= 0.3 is 0 Å². The Kier molecular flexibility index (Phi) is 14.4. The van der Waals surface area contributed by atoms with Crippen LogP contribution in [-0.4, -0.2) is 62.3 Å². The van der Waals surface area contributed by atoms with Crippen molar-refractivity contribution in [3.63, 3.8) is 0 Å². The Hall–Kier alpha value is -0.240. The molecule has 0 bridgehead atoms. The van der Waals surface area contributed by atoms with Gasteiger partial charge in [0.1, 0.15) is 24.4 Å². The second-order valence-electron chi connectivity index (χ2n) is 8.42. The lowest BCUT2D eigenvalue weighted by atomic mass is 9.93. The van der Waals surface area contributed by atoms with E-state index >= 15 is 0 Å². The summed E-state index contributed by atoms with van der Waals surface area (Å²) in [6.45, 7) is 2.25. The third kappa shape index (κ3) is 9.99. The SMILES string of the molecule is CCCCCCCCCCCCCCCCC(O)[C@H]1O[C@@H](O)[C@H](O)[C@@H](O)[C@@H]1O. The molecule has 0 aliphatic carbocycles. The summed E-state index contributed by atoms with van der Waals surface area (Å²) in [6.07, 6.45) is 9.96. The number of ether oxygens (including phenoxy) is 1. The van der Waals surface area contributed by atoms with Gasteiger partial charge in [-0.2, -0.15) is 0 Å². The first-order chi connectivity index (χ1) is 13.5. The standard InChI is InChI=1S/C22H44O6/c1-2-3-4-5-6-7-8-9-10-11-12-13-14-15-16-17(23)21-19(25)18(24)20(26)22(27)28-21/h17-27H,2-16H2,1H3/t17?,18-,19-,20+,21+,22+/m0/s1. The summed E-state index contributed by atoms with van der Waals surface area (Å²) in [6, 6.07) is 0. The van der Waals surface area contributed by atoms with Gasteiger partial charge in [-0.05, 0) is 6.42 Å². The van der Waals surface area contributed by atoms with E-state index in [0.717, 1.165) is 19.3 Å². The smallest absolute Gasteiger partial charge is 0.184 e. The maximum absolute atomic E-state index is 10.2. The van der Waals surface area contributed by atoms with Crippen LogP contribution in [0.15, 0.2) is 0 Å². The predicted molar refractivity (Wildman–Crippen MR) is 110 cm³/mol. The molecule has 0 saturated carbocycles. The molecule has 1 aliphatic rings. The fourth-order valence-corrected chi connectivity index (χ4v) is 3.92. The van der Waals surface area contributed by atoms with Crippen LogP contribution in [0.2, 0.25) is 0 Å². The number of hydrogen-bond acceptors (Lipinski definition) is 6. The van der Waals surface area contributed by atoms with E-state index in [-0.39, 0.29) is 0 Å². The van der Waals surface area contributed by atoms with Gasteiger partial charge in [-0.1, -0.05) is 96.8 Å². The van der Waals surface area contributed by atoms with Crippen LogP contribution in [0.4, 0.5) is 0 Å². The largest absolute Gasteiger partial charge is 0.390 e. The molecule has 0 amide bonds. The van der Waals surface area contributed by atoms with Crippen molar-refractivity contribution in [2.24, 2.45) is 0 Å². The number of aliphatic hydroxyl groups is 5. The maximum Gasteiger partial charge on any atom is 0.184 e. The van der Waals surface area contributed by atoms with Crippen molar-refractivity contribution in [2.75, 3.05) is 0 Å². The molecule has 0 spiro atoms. The van der Waals surface area contributed by atoms with E-state index in [1.54, 1.807) is 0 Å². The van der Waals surface area contributed by atoms with Crippen LogP contribution in [0, 0.1) is 0 Å². The summed E-state index contributed by atoms with van der Waals surface area (Å²) in [7, 11) is 0. The van der Waals surface area contributed by atoms with Gasteiger partial charge in [0.05, 0.1) is 6.10 Å². The number of rotatable bonds is 16. The quantitative estimate of drug-likeness (QED) is 0.253. The van der Waals surface area contributed by atoms with Gasteiger partial charge in [0.2, 0.25) is 0 Å². The molecule has 6 atom stereocenters. The van der Waals surface area contributed by atoms with Gasteiger partial charge in [0.15, 0.2) is 6.29 Å². The zero-order chi connectivity index (χ0) is 20.8. The molecule has 6 nitrogen and oxygen atoms in total. The van der Waals surface area contributed by atoms with Gasteiger partial charge in [0.25, 0.3) is 0 Å². The second-order valence-corrected chi connectivity index (χ2v) is 8.42. The molecule has 1 saturated heterocycles. The average molecular weight is 405 g/mol. The molecule has 0 aromatic heterocycles. The van der Waals surface area contributed by atoms with Gasteiger partial charge < -0.3 is 30.3 Å². The van der Waals surface area contributed by atoms with Crippen molar-refractivity contribution in [3.8, 4) is 0 Å². The normalized spacial score (nSPS) is 29.1. The van der Waals surface area contributed by atoms with Crippen LogP contribution >= 0.6 is 0 Å². The van der Waals surface area contributed by atoms with Crippen LogP contribution in [0.3, 0.4) is 0 Å². The van der Waals surface area contributed by atoms with E-state index in [4.69, 9.17) is 4.74 Å². The molecule has 1 heterocycles. The van der Waals surface area contributed by atoms with Gasteiger partial charge in [0, 0.05) is 0 Å². The molecule has 0 radical (unpaired) electrons. The molecule has 1 aliphatic heterocycles. The lowest BCUT2D eigenvalue weighted by Crippen LogP contribution is -2.60. The molecule has 1 unspecified atom stereocenters. The van der Waals surface area contributed by atoms with Crippen molar-refractivity contribution in [2.45, 2.75) is 140 Å². The van der Waals surface area contributed by atoms with E-state index in [2.05, 4.69) is 6.92 Å². The van der Waals surface area contributed by atoms with Gasteiger partial charge in [-0.25, -0.2) is 0 Å². The van der Waals surface area contributed by atoms with E-state index in [1.165, 1.54) is 70.6 Å². The highest BCUT2D eigenvalue weighted by Crippen LogP contribution is 2.24. The molecular formula is C22H44O6. The summed E-state index contributed by atoms with van der Waals surface area (Å²) in [4.78, 5) is 0. The Balaban J connectivity index is 1.94. The first-order valence-corrected chi connectivity index (χ1v) is 11.5. The Morgan fingerprint density at radius 2 is 1.04 bits per heavy atom. The number of aliphatic hydroxyl groups excluding tert-OH is 5. The topological polar surface area (TPSA) is 110 Å². The Morgan fingerprint density at radius 3 is 1.50 bits per heavy atom. The molecule has 1 fully saturated rings. The minimum atomic E-state index is -1.59. The monoisotopic (exact) mass is 404 g/mol. The lowest BCUT2D eigenvalue weighted by Gasteiger charge is -2.40. The molecule has 5 N–H and O–H groups in total. The first-order valence-electron chi connectivity index (χ1n) is 11.5. The Bertz CT molecular complexity index is 367. The van der Waals surface area contributed by atoms with Gasteiger partial charge in [-0.15, -0.1) is 0 Å². The van der Waals surface area contributed by atoms with Crippen molar-refractivity contribution in [3.05, 3.63) is 0 Å². The highest BCUT2D eigenvalue weighted by molar-refractivity contribution is 4.91. The third-order valence-corrected chi connectivity index (χ3v) is 5.86. The molecule has 0 aromatic rings. The van der Waals surface area contributed by atoms with Crippen molar-refractivity contribution < 1.29 is 30.3 Å². The van der Waals surface area contributed by atoms with Crippen molar-refractivity contribution >= 4 is 0 Å². The number of hydrogen-bond donors (Lipinski definition) is 5. The summed E-state index contributed by atoms with van der Waals surface area (Å²) in [5.41, 5.74) is 0. The fourth-order valence-electron chi connectivity index (χ4n) is 3.92. The van der Waals surface area contributed by atoms with Crippen LogP contribution in [0.25, 0.3) is 0 Å². The summed E-state index contributed by atoms with van der Waals surface area (Å²) >= 11 is 0. The molecule has 0 aromatic carbocycles. The van der Waals surface area contributed by atoms with E-state index < -0.39 is 36.8 Å². The first kappa shape index (κ1) is 25.8. The predicted octanol–water partition coefficient (Wildman–Crippen LogP) is 3.02. The maximum atomic E-state index is 10.2. The zero-order valence-electron chi connectivity index (χ0n) is 17.7. The van der Waals surface area contributed by atoms with Crippen LogP contribution < -0.4 is 0 Å². The average Bonchev–Trinajstić information content (AvgIpc) is 2.69. The molecule has 28 heavy (non-hydrogen) atoms. The molecule has 6 heteroatoms. The second kappa shape index (κ2) is 15.6. The van der Waals surface area contributed by atoms with E-state index in [9.17, 15) is 25.5 Å². The molecule has 1 rings (SSSR count). The van der Waals surface area contributed by atoms with Crippen LogP contribution in [0.5, 0.6) is 0 Å². The zero-order valence-corrected chi connectivity index (χ0v) is 17.7. The Labute approximate surface area is 170 Å². The minimum absolute atomic E-state index is 0.440. The van der Waals surface area contributed by atoms with Gasteiger partial charge in [-0.3, -0.25) is 0 Å². The third-order valence-electron chi connectivity index (χ3n) is 5.86. The highest BCUT2D eigenvalue weighted by Gasteiger charge is 2.45. The minimum Gasteiger partial charge on any atom is -0.390 e. The lowest BCUT2D eigenvalue weighted by molar-refractivity contribution is -0.297. The van der Waals surface area contributed by atoms with Crippen LogP contribution in [-0.2, 0) is 4.74 Å². The molecular weight excluding hydrogens is 360 g/mol. The van der Waals surface area contributed by atoms with Crippen LogP contribution in [0.1, 0.15) is 103 Å². The van der Waals surface area contributed by atoms with E-state index in [0.29, 0.717) is 6.42 Å².